The molecule has 92 valence electrons. The van der Waals surface area contributed by atoms with Crippen LogP contribution in [-0.2, 0) is 21.6 Å². The number of carbonyl (C=O) groups excluding carboxylic acids is 1. The zero-order valence-electron chi connectivity index (χ0n) is 9.70. The summed E-state index contributed by atoms with van der Waals surface area (Å²) in [5.74, 6) is -0.847. The first-order valence-corrected chi connectivity index (χ1v) is 5.72. The monoisotopic (exact) mass is 238 g/mol. The van der Waals surface area contributed by atoms with Crippen molar-refractivity contribution in [3.8, 4) is 0 Å². The number of ether oxygens (including phenoxy) is 1. The van der Waals surface area contributed by atoms with Crippen LogP contribution in [-0.4, -0.2) is 17.7 Å². The van der Waals surface area contributed by atoms with E-state index in [2.05, 4.69) is 0 Å². The van der Waals surface area contributed by atoms with Gasteiger partial charge in [-0.2, -0.15) is 0 Å². The van der Waals surface area contributed by atoms with E-state index in [0.717, 1.165) is 5.56 Å². The molecule has 1 aliphatic rings. The second-order valence-electron chi connectivity index (χ2n) is 4.31. The molecule has 1 atom stereocenters. The molecule has 4 heteroatoms. The Kier molecular flexibility index (Phi) is 3.15. The Morgan fingerprint density at radius 3 is 3.06 bits per heavy atom. The Hall–Kier alpha value is -1.42. The summed E-state index contributed by atoms with van der Waals surface area (Å²) >= 11 is 0. The number of carbonyl (C=O) groups is 1. The Bertz CT molecular complexity index is 444. The molecule has 0 heterocycles. The number of fused-ring (bicyclic) bond motifs is 1. The molecule has 2 rings (SSSR count). The number of rotatable bonds is 3. The predicted molar refractivity (Wildman–Crippen MR) is 59.9 cm³/mol. The Morgan fingerprint density at radius 2 is 2.35 bits per heavy atom. The molecule has 0 spiro atoms. The summed E-state index contributed by atoms with van der Waals surface area (Å²) in [5.41, 5.74) is 0.146. The zero-order valence-corrected chi connectivity index (χ0v) is 9.70. The first-order chi connectivity index (χ1) is 8.05. The smallest absolute Gasteiger partial charge is 0.309 e. The van der Waals surface area contributed by atoms with Crippen LogP contribution in [0.1, 0.15) is 30.9 Å². The highest BCUT2D eigenvalue weighted by atomic mass is 19.1. The average Bonchev–Trinajstić information content (AvgIpc) is 2.57. The molecule has 0 bridgehead atoms. The third-order valence-electron chi connectivity index (χ3n) is 3.12. The number of hydrogen-bond donors (Lipinski definition) is 1. The van der Waals surface area contributed by atoms with Crippen LogP contribution in [0.3, 0.4) is 0 Å². The van der Waals surface area contributed by atoms with Crippen molar-refractivity contribution >= 4 is 5.97 Å². The predicted octanol–water partition coefficient (Wildman–Crippen LogP) is 1.91. The molecule has 3 nitrogen and oxygen atoms in total. The first kappa shape index (κ1) is 12.0. The highest BCUT2D eigenvalue weighted by molar-refractivity contribution is 5.71. The second kappa shape index (κ2) is 4.45. The molecule has 1 aromatic rings. The van der Waals surface area contributed by atoms with Gasteiger partial charge in [0.05, 0.1) is 13.0 Å². The Morgan fingerprint density at radius 1 is 1.59 bits per heavy atom. The molecule has 0 saturated heterocycles. The second-order valence-corrected chi connectivity index (χ2v) is 4.31. The van der Waals surface area contributed by atoms with Gasteiger partial charge >= 0.3 is 5.97 Å². The lowest BCUT2D eigenvalue weighted by Gasteiger charge is -2.22. The van der Waals surface area contributed by atoms with Crippen molar-refractivity contribution in [1.29, 1.82) is 0 Å². The minimum atomic E-state index is -1.27. The van der Waals surface area contributed by atoms with Gasteiger partial charge in [-0.1, -0.05) is 6.07 Å². The Labute approximate surface area is 99.2 Å². The highest BCUT2D eigenvalue weighted by Crippen LogP contribution is 2.39. The summed E-state index contributed by atoms with van der Waals surface area (Å²) in [6.07, 6.45) is 0.980. The highest BCUT2D eigenvalue weighted by Gasteiger charge is 2.39. The minimum Gasteiger partial charge on any atom is -0.466 e. The van der Waals surface area contributed by atoms with Crippen LogP contribution in [0.25, 0.3) is 0 Å². The number of benzene rings is 1. The van der Waals surface area contributed by atoms with Gasteiger partial charge in [-0.05, 0) is 43.0 Å². The van der Waals surface area contributed by atoms with Crippen LogP contribution in [0.15, 0.2) is 18.2 Å². The summed E-state index contributed by atoms with van der Waals surface area (Å²) in [5, 5.41) is 10.4. The van der Waals surface area contributed by atoms with E-state index in [1.165, 1.54) is 12.1 Å². The molecule has 0 fully saturated rings. The summed E-state index contributed by atoms with van der Waals surface area (Å²) in [6.45, 7) is 2.00. The quantitative estimate of drug-likeness (QED) is 0.818. The van der Waals surface area contributed by atoms with E-state index in [0.29, 0.717) is 18.4 Å². The SMILES string of the molecule is CCOC(=O)CC1(O)CCc2ccc(F)cc21. The maximum Gasteiger partial charge on any atom is 0.309 e. The Balaban J connectivity index is 2.24. The summed E-state index contributed by atoms with van der Waals surface area (Å²) in [6, 6.07) is 4.34. The van der Waals surface area contributed by atoms with Crippen molar-refractivity contribution in [3.63, 3.8) is 0 Å². The van der Waals surface area contributed by atoms with Crippen LogP contribution in [0.5, 0.6) is 0 Å². The van der Waals surface area contributed by atoms with Crippen molar-refractivity contribution in [2.45, 2.75) is 31.8 Å². The molecular weight excluding hydrogens is 223 g/mol. The van der Waals surface area contributed by atoms with Crippen LogP contribution in [0.4, 0.5) is 4.39 Å². The molecule has 0 saturated carbocycles. The topological polar surface area (TPSA) is 46.5 Å². The van der Waals surface area contributed by atoms with E-state index >= 15 is 0 Å². The van der Waals surface area contributed by atoms with Gasteiger partial charge in [-0.3, -0.25) is 4.79 Å². The fourth-order valence-corrected chi connectivity index (χ4v) is 2.31. The lowest BCUT2D eigenvalue weighted by atomic mass is 9.92. The van der Waals surface area contributed by atoms with Gasteiger partial charge in [-0.15, -0.1) is 0 Å². The van der Waals surface area contributed by atoms with Gasteiger partial charge in [0.2, 0.25) is 0 Å². The van der Waals surface area contributed by atoms with Gasteiger partial charge in [-0.25, -0.2) is 4.39 Å². The van der Waals surface area contributed by atoms with Crippen LogP contribution < -0.4 is 0 Å². The van der Waals surface area contributed by atoms with E-state index in [4.69, 9.17) is 4.74 Å². The number of aliphatic hydroxyl groups is 1. The number of halogens is 1. The largest absolute Gasteiger partial charge is 0.466 e. The van der Waals surface area contributed by atoms with Gasteiger partial charge in [0.15, 0.2) is 0 Å². The molecule has 1 N–H and O–H groups in total. The summed E-state index contributed by atoms with van der Waals surface area (Å²) in [4.78, 5) is 11.4. The summed E-state index contributed by atoms with van der Waals surface area (Å²) < 4.78 is 18.0. The lowest BCUT2D eigenvalue weighted by Crippen LogP contribution is -2.27. The standard InChI is InChI=1S/C13H15FO3/c1-2-17-12(15)8-13(16)6-5-9-3-4-10(14)7-11(9)13/h3-4,7,16H,2,5-6,8H2,1H3. The molecule has 17 heavy (non-hydrogen) atoms. The van der Waals surface area contributed by atoms with Crippen molar-refractivity contribution in [3.05, 3.63) is 35.1 Å². The van der Waals surface area contributed by atoms with Crippen molar-refractivity contribution in [1.82, 2.24) is 0 Å². The third-order valence-corrected chi connectivity index (χ3v) is 3.12. The van der Waals surface area contributed by atoms with E-state index in [1.54, 1.807) is 13.0 Å². The van der Waals surface area contributed by atoms with Gasteiger partial charge in [0.25, 0.3) is 0 Å². The van der Waals surface area contributed by atoms with Gasteiger partial charge in [0, 0.05) is 0 Å². The zero-order chi connectivity index (χ0) is 12.5. The normalized spacial score (nSPS) is 22.3. The van der Waals surface area contributed by atoms with Crippen LogP contribution >= 0.6 is 0 Å². The molecular formula is C13H15FO3. The maximum absolute atomic E-state index is 13.2. The molecule has 1 aromatic carbocycles. The third kappa shape index (κ3) is 2.31. The molecule has 1 unspecified atom stereocenters. The fourth-order valence-electron chi connectivity index (χ4n) is 2.31. The van der Waals surface area contributed by atoms with Crippen LogP contribution in [0, 0.1) is 5.82 Å². The maximum atomic E-state index is 13.2. The lowest BCUT2D eigenvalue weighted by molar-refractivity contribution is -0.149. The van der Waals surface area contributed by atoms with Crippen molar-refractivity contribution < 1.29 is 19.0 Å². The molecule has 0 radical (unpaired) electrons. The first-order valence-electron chi connectivity index (χ1n) is 5.72. The molecule has 0 aromatic heterocycles. The van der Waals surface area contributed by atoms with Crippen molar-refractivity contribution in [2.75, 3.05) is 6.61 Å². The molecule has 1 aliphatic carbocycles. The number of esters is 1. The van der Waals surface area contributed by atoms with Crippen molar-refractivity contribution in [2.24, 2.45) is 0 Å². The molecule has 0 aliphatic heterocycles. The summed E-state index contributed by atoms with van der Waals surface area (Å²) in [7, 11) is 0. The van der Waals surface area contributed by atoms with Gasteiger partial charge < -0.3 is 9.84 Å². The van der Waals surface area contributed by atoms with E-state index in [-0.39, 0.29) is 13.0 Å². The number of hydrogen-bond acceptors (Lipinski definition) is 3. The van der Waals surface area contributed by atoms with E-state index in [9.17, 15) is 14.3 Å². The molecule has 0 amide bonds. The average molecular weight is 238 g/mol. The van der Waals surface area contributed by atoms with Gasteiger partial charge in [0.1, 0.15) is 11.4 Å². The minimum absolute atomic E-state index is 0.114. The van der Waals surface area contributed by atoms with E-state index in [1.807, 2.05) is 0 Å². The van der Waals surface area contributed by atoms with E-state index < -0.39 is 17.4 Å². The fraction of sp³-hybridized carbons (Fsp3) is 0.462. The number of aryl methyl sites for hydroxylation is 1. The van der Waals surface area contributed by atoms with Crippen LogP contribution in [0.2, 0.25) is 0 Å².